The molecule has 0 unspecified atom stereocenters. The van der Waals surface area contributed by atoms with Gasteiger partial charge >= 0.3 is 0 Å². The van der Waals surface area contributed by atoms with Gasteiger partial charge in [0.15, 0.2) is 6.61 Å². The fourth-order valence-corrected chi connectivity index (χ4v) is 3.61. The molecule has 1 aliphatic heterocycles. The Hall–Kier alpha value is -3.22. The Bertz CT molecular complexity index is 986. The standard InChI is InChI=1S/C23H22F2N2O3/c24-17-6-4-16(5-7-17)13-20-14-26-23(30-20)21-3-1-2-12-27(21)22(28)15-29-19-10-8-18(25)9-11-19/h4-11,14,21H,1-3,12-13,15H2/t21-/m1/s1. The molecule has 0 bridgehead atoms. The molecule has 2 heterocycles. The Morgan fingerprint density at radius 1 is 1.07 bits per heavy atom. The molecule has 0 radical (unpaired) electrons. The molecule has 3 aromatic rings. The second-order valence-electron chi connectivity index (χ2n) is 7.31. The van der Waals surface area contributed by atoms with E-state index in [1.807, 2.05) is 0 Å². The zero-order valence-electron chi connectivity index (χ0n) is 16.4. The van der Waals surface area contributed by atoms with Gasteiger partial charge in [-0.3, -0.25) is 4.79 Å². The third-order valence-corrected chi connectivity index (χ3v) is 5.15. The van der Waals surface area contributed by atoms with Crippen molar-refractivity contribution in [1.82, 2.24) is 9.88 Å². The molecule has 2 aromatic carbocycles. The first-order chi connectivity index (χ1) is 14.6. The van der Waals surface area contributed by atoms with Crippen molar-refractivity contribution in [2.45, 2.75) is 31.7 Å². The lowest BCUT2D eigenvalue weighted by Gasteiger charge is -2.33. The van der Waals surface area contributed by atoms with Crippen molar-refractivity contribution in [3.8, 4) is 5.75 Å². The number of hydrogen-bond donors (Lipinski definition) is 0. The summed E-state index contributed by atoms with van der Waals surface area (Å²) in [6.07, 6.45) is 4.80. The molecular weight excluding hydrogens is 390 g/mol. The number of amides is 1. The summed E-state index contributed by atoms with van der Waals surface area (Å²) in [4.78, 5) is 18.9. The number of carbonyl (C=O) groups is 1. The van der Waals surface area contributed by atoms with Crippen molar-refractivity contribution in [3.05, 3.63) is 83.6 Å². The minimum Gasteiger partial charge on any atom is -0.484 e. The first kappa shape index (κ1) is 20.1. The van der Waals surface area contributed by atoms with E-state index < -0.39 is 0 Å². The van der Waals surface area contributed by atoms with Crippen LogP contribution in [0.2, 0.25) is 0 Å². The monoisotopic (exact) mass is 412 g/mol. The number of benzene rings is 2. The third kappa shape index (κ3) is 4.84. The highest BCUT2D eigenvalue weighted by Crippen LogP contribution is 2.31. The van der Waals surface area contributed by atoms with Crippen LogP contribution in [-0.2, 0) is 11.2 Å². The Morgan fingerprint density at radius 3 is 2.50 bits per heavy atom. The highest BCUT2D eigenvalue weighted by molar-refractivity contribution is 5.78. The number of rotatable bonds is 6. The molecule has 0 spiro atoms. The third-order valence-electron chi connectivity index (χ3n) is 5.15. The topological polar surface area (TPSA) is 55.6 Å². The molecule has 156 valence electrons. The van der Waals surface area contributed by atoms with Gasteiger partial charge in [-0.15, -0.1) is 0 Å². The minimum atomic E-state index is -0.356. The van der Waals surface area contributed by atoms with Gasteiger partial charge in [0.1, 0.15) is 29.2 Å². The summed E-state index contributed by atoms with van der Waals surface area (Å²) in [5.41, 5.74) is 0.920. The van der Waals surface area contributed by atoms with Gasteiger partial charge in [-0.25, -0.2) is 13.8 Å². The Morgan fingerprint density at radius 2 is 1.77 bits per heavy atom. The van der Waals surface area contributed by atoms with Gasteiger partial charge in [0.25, 0.3) is 5.91 Å². The number of carbonyl (C=O) groups excluding carboxylic acids is 1. The number of aromatic nitrogens is 1. The number of piperidine rings is 1. The lowest BCUT2D eigenvalue weighted by Crippen LogP contribution is -2.41. The van der Waals surface area contributed by atoms with Gasteiger partial charge in [-0.1, -0.05) is 12.1 Å². The SMILES string of the molecule is O=C(COc1ccc(F)cc1)N1CCCC[C@@H]1c1ncc(Cc2ccc(F)cc2)o1. The van der Waals surface area contributed by atoms with Crippen molar-refractivity contribution >= 4 is 5.91 Å². The molecule has 7 heteroatoms. The molecule has 1 aliphatic rings. The normalized spacial score (nSPS) is 16.5. The van der Waals surface area contributed by atoms with Crippen molar-refractivity contribution < 1.29 is 22.7 Å². The molecule has 0 saturated carbocycles. The van der Waals surface area contributed by atoms with Crippen molar-refractivity contribution in [2.24, 2.45) is 0 Å². The summed E-state index contributed by atoms with van der Waals surface area (Å²) >= 11 is 0. The zero-order chi connectivity index (χ0) is 20.9. The fraction of sp³-hybridized carbons (Fsp3) is 0.304. The van der Waals surface area contributed by atoms with Gasteiger partial charge in [0.2, 0.25) is 5.89 Å². The molecule has 1 atom stereocenters. The maximum atomic E-state index is 13.1. The predicted molar refractivity (Wildman–Crippen MR) is 106 cm³/mol. The molecule has 30 heavy (non-hydrogen) atoms. The highest BCUT2D eigenvalue weighted by atomic mass is 19.1. The first-order valence-electron chi connectivity index (χ1n) is 9.95. The predicted octanol–water partition coefficient (Wildman–Crippen LogP) is 4.68. The van der Waals surface area contributed by atoms with Gasteiger partial charge < -0.3 is 14.1 Å². The van der Waals surface area contributed by atoms with Crippen LogP contribution in [0.3, 0.4) is 0 Å². The molecule has 0 aliphatic carbocycles. The molecule has 1 amide bonds. The van der Waals surface area contributed by atoms with Crippen LogP contribution < -0.4 is 4.74 Å². The molecule has 1 saturated heterocycles. The number of hydrogen-bond acceptors (Lipinski definition) is 4. The lowest BCUT2D eigenvalue weighted by atomic mass is 10.0. The summed E-state index contributed by atoms with van der Waals surface area (Å²) < 4.78 is 37.5. The van der Waals surface area contributed by atoms with Crippen LogP contribution >= 0.6 is 0 Å². The summed E-state index contributed by atoms with van der Waals surface area (Å²) in [7, 11) is 0. The molecule has 4 rings (SSSR count). The smallest absolute Gasteiger partial charge is 0.261 e. The van der Waals surface area contributed by atoms with E-state index in [-0.39, 0.29) is 30.2 Å². The van der Waals surface area contributed by atoms with E-state index in [0.29, 0.717) is 30.4 Å². The lowest BCUT2D eigenvalue weighted by molar-refractivity contribution is -0.137. The number of nitrogens with zero attached hydrogens (tertiary/aromatic N) is 2. The summed E-state index contributed by atoms with van der Waals surface area (Å²) in [6, 6.07) is 11.6. The molecular formula is C23H22F2N2O3. The first-order valence-corrected chi connectivity index (χ1v) is 9.95. The van der Waals surface area contributed by atoms with Crippen LogP contribution in [0, 0.1) is 11.6 Å². The average Bonchev–Trinajstić information content (AvgIpc) is 3.23. The molecule has 1 fully saturated rings. The summed E-state index contributed by atoms with van der Waals surface area (Å²) in [6.45, 7) is 0.469. The highest BCUT2D eigenvalue weighted by Gasteiger charge is 2.31. The average molecular weight is 412 g/mol. The van der Waals surface area contributed by atoms with Crippen molar-refractivity contribution in [1.29, 1.82) is 0 Å². The van der Waals surface area contributed by atoms with Crippen LogP contribution in [0.15, 0.2) is 59.1 Å². The van der Waals surface area contributed by atoms with Crippen LogP contribution in [0.1, 0.15) is 42.5 Å². The van der Waals surface area contributed by atoms with E-state index in [0.717, 1.165) is 24.8 Å². The van der Waals surface area contributed by atoms with Crippen LogP contribution in [0.5, 0.6) is 5.75 Å². The van der Waals surface area contributed by atoms with E-state index in [1.165, 1.54) is 36.4 Å². The van der Waals surface area contributed by atoms with Crippen LogP contribution in [0.25, 0.3) is 0 Å². The second kappa shape index (κ2) is 9.07. The largest absolute Gasteiger partial charge is 0.484 e. The zero-order valence-corrected chi connectivity index (χ0v) is 16.4. The maximum Gasteiger partial charge on any atom is 0.261 e. The Labute approximate surface area is 173 Å². The van der Waals surface area contributed by atoms with Crippen molar-refractivity contribution in [3.63, 3.8) is 0 Å². The van der Waals surface area contributed by atoms with E-state index in [9.17, 15) is 13.6 Å². The van der Waals surface area contributed by atoms with E-state index in [2.05, 4.69) is 4.98 Å². The fourth-order valence-electron chi connectivity index (χ4n) is 3.61. The number of oxazole rings is 1. The quantitative estimate of drug-likeness (QED) is 0.590. The van der Waals surface area contributed by atoms with Gasteiger partial charge in [-0.05, 0) is 61.2 Å². The molecule has 0 N–H and O–H groups in total. The number of likely N-dealkylation sites (tertiary alicyclic amines) is 1. The Balaban J connectivity index is 1.41. The molecule has 1 aromatic heterocycles. The Kier molecular flexibility index (Phi) is 6.07. The van der Waals surface area contributed by atoms with E-state index in [4.69, 9.17) is 9.15 Å². The summed E-state index contributed by atoms with van der Waals surface area (Å²) in [5, 5.41) is 0. The van der Waals surface area contributed by atoms with Gasteiger partial charge in [-0.2, -0.15) is 0 Å². The van der Waals surface area contributed by atoms with Gasteiger partial charge in [0.05, 0.1) is 6.20 Å². The van der Waals surface area contributed by atoms with Crippen LogP contribution in [0.4, 0.5) is 8.78 Å². The second-order valence-corrected chi connectivity index (χ2v) is 7.31. The number of ether oxygens (including phenoxy) is 1. The van der Waals surface area contributed by atoms with E-state index >= 15 is 0 Å². The van der Waals surface area contributed by atoms with Crippen LogP contribution in [-0.4, -0.2) is 28.9 Å². The summed E-state index contributed by atoms with van der Waals surface area (Å²) in [5.74, 6) is 0.804. The van der Waals surface area contributed by atoms with Gasteiger partial charge in [0, 0.05) is 13.0 Å². The van der Waals surface area contributed by atoms with E-state index in [1.54, 1.807) is 23.2 Å². The van der Waals surface area contributed by atoms with Crippen molar-refractivity contribution in [2.75, 3.05) is 13.2 Å². The minimum absolute atomic E-state index is 0.134. The maximum absolute atomic E-state index is 13.1. The number of halogens is 2. The molecule has 5 nitrogen and oxygen atoms in total.